The van der Waals surface area contributed by atoms with Crippen molar-refractivity contribution in [1.29, 1.82) is 0 Å². The number of imidazole rings is 1. The first-order chi connectivity index (χ1) is 8.99. The Labute approximate surface area is 111 Å². The summed E-state index contributed by atoms with van der Waals surface area (Å²) < 4.78 is 41.4. The number of hydrogen-bond acceptors (Lipinski definition) is 3. The van der Waals surface area contributed by atoms with Gasteiger partial charge in [-0.05, 0) is 24.6 Å². The highest BCUT2D eigenvalue weighted by Crippen LogP contribution is 2.15. The standard InChI is InChI=1S/C12H14FN3O2S/c1-10-2-3-11(13)8-12(10)19(17,18)15-5-7-16-6-4-14-9-16/h2-4,6,8-9,15H,5,7H2,1H3. The molecule has 7 heteroatoms. The molecule has 0 saturated heterocycles. The average molecular weight is 283 g/mol. The van der Waals surface area contributed by atoms with Crippen molar-refractivity contribution in [3.63, 3.8) is 0 Å². The quantitative estimate of drug-likeness (QED) is 0.900. The SMILES string of the molecule is Cc1ccc(F)cc1S(=O)(=O)NCCn1ccnc1. The molecule has 1 aromatic heterocycles. The number of nitrogens with zero attached hydrogens (tertiary/aromatic N) is 2. The van der Waals surface area contributed by atoms with Crippen LogP contribution in [0.2, 0.25) is 0 Å². The molecule has 0 spiro atoms. The normalized spacial score (nSPS) is 11.7. The zero-order valence-electron chi connectivity index (χ0n) is 10.4. The van der Waals surface area contributed by atoms with E-state index >= 15 is 0 Å². The van der Waals surface area contributed by atoms with Crippen LogP contribution in [0.15, 0.2) is 41.8 Å². The van der Waals surface area contributed by atoms with Crippen LogP contribution in [0.4, 0.5) is 4.39 Å². The summed E-state index contributed by atoms with van der Waals surface area (Å²) in [6.45, 7) is 2.31. The van der Waals surface area contributed by atoms with Crippen molar-refractivity contribution in [3.8, 4) is 0 Å². The third kappa shape index (κ3) is 3.39. The van der Waals surface area contributed by atoms with Crippen LogP contribution >= 0.6 is 0 Å². The van der Waals surface area contributed by atoms with Crippen molar-refractivity contribution < 1.29 is 12.8 Å². The Balaban J connectivity index is 2.07. The monoisotopic (exact) mass is 283 g/mol. The summed E-state index contributed by atoms with van der Waals surface area (Å²) in [6.07, 6.45) is 4.95. The zero-order valence-corrected chi connectivity index (χ0v) is 11.2. The smallest absolute Gasteiger partial charge is 0.240 e. The fourth-order valence-electron chi connectivity index (χ4n) is 1.67. The number of hydrogen-bond donors (Lipinski definition) is 1. The topological polar surface area (TPSA) is 64.0 Å². The first-order valence-corrected chi connectivity index (χ1v) is 7.19. The minimum absolute atomic E-state index is 0.0295. The minimum Gasteiger partial charge on any atom is -0.336 e. The molecule has 2 rings (SSSR count). The average Bonchev–Trinajstić information content (AvgIpc) is 2.85. The number of nitrogens with one attached hydrogen (secondary N) is 1. The largest absolute Gasteiger partial charge is 0.336 e. The summed E-state index contributed by atoms with van der Waals surface area (Å²) in [4.78, 5) is 3.83. The maximum atomic E-state index is 13.1. The molecule has 0 aliphatic rings. The second-order valence-electron chi connectivity index (χ2n) is 4.11. The minimum atomic E-state index is -3.69. The van der Waals surface area contributed by atoms with Crippen molar-refractivity contribution in [2.75, 3.05) is 6.54 Å². The van der Waals surface area contributed by atoms with Gasteiger partial charge < -0.3 is 4.57 Å². The lowest BCUT2D eigenvalue weighted by Crippen LogP contribution is -2.27. The van der Waals surface area contributed by atoms with Gasteiger partial charge in [0, 0.05) is 25.5 Å². The summed E-state index contributed by atoms with van der Waals surface area (Å²) in [5, 5.41) is 0. The predicted octanol–water partition coefficient (Wildman–Crippen LogP) is 1.31. The molecule has 0 unspecified atom stereocenters. The summed E-state index contributed by atoms with van der Waals surface area (Å²) in [6, 6.07) is 3.70. The fraction of sp³-hybridized carbons (Fsp3) is 0.250. The van der Waals surface area contributed by atoms with E-state index in [9.17, 15) is 12.8 Å². The molecule has 0 amide bonds. The Bertz CT molecular complexity index is 654. The highest BCUT2D eigenvalue weighted by Gasteiger charge is 2.16. The Hall–Kier alpha value is -1.73. The number of rotatable bonds is 5. The van der Waals surface area contributed by atoms with E-state index < -0.39 is 15.8 Å². The molecular formula is C12H14FN3O2S. The molecule has 0 radical (unpaired) electrons. The molecule has 0 saturated carbocycles. The Morgan fingerprint density at radius 3 is 2.89 bits per heavy atom. The Morgan fingerprint density at radius 2 is 2.21 bits per heavy atom. The van der Waals surface area contributed by atoms with Gasteiger partial charge in [0.05, 0.1) is 11.2 Å². The Kier molecular flexibility index (Phi) is 3.96. The number of halogens is 1. The molecule has 0 atom stereocenters. The molecular weight excluding hydrogens is 269 g/mol. The summed E-state index contributed by atoms with van der Waals surface area (Å²) in [7, 11) is -3.69. The second-order valence-corrected chi connectivity index (χ2v) is 5.84. The van der Waals surface area contributed by atoms with Gasteiger partial charge in [-0.3, -0.25) is 0 Å². The summed E-state index contributed by atoms with van der Waals surface area (Å²) >= 11 is 0. The van der Waals surface area contributed by atoms with E-state index in [0.29, 0.717) is 12.1 Å². The van der Waals surface area contributed by atoms with E-state index in [-0.39, 0.29) is 11.4 Å². The molecule has 5 nitrogen and oxygen atoms in total. The van der Waals surface area contributed by atoms with E-state index in [1.807, 2.05) is 0 Å². The molecule has 1 aromatic carbocycles. The van der Waals surface area contributed by atoms with Gasteiger partial charge in [0.1, 0.15) is 5.82 Å². The first-order valence-electron chi connectivity index (χ1n) is 5.70. The van der Waals surface area contributed by atoms with Gasteiger partial charge in [-0.25, -0.2) is 22.5 Å². The molecule has 102 valence electrons. The van der Waals surface area contributed by atoms with Crippen LogP contribution in [0.3, 0.4) is 0 Å². The van der Waals surface area contributed by atoms with Gasteiger partial charge >= 0.3 is 0 Å². The molecule has 0 fully saturated rings. The second kappa shape index (κ2) is 5.50. The van der Waals surface area contributed by atoms with E-state index in [4.69, 9.17) is 0 Å². The molecule has 19 heavy (non-hydrogen) atoms. The van der Waals surface area contributed by atoms with Crippen LogP contribution in [0.1, 0.15) is 5.56 Å². The van der Waals surface area contributed by atoms with Crippen molar-refractivity contribution in [2.45, 2.75) is 18.4 Å². The van der Waals surface area contributed by atoms with E-state index in [1.54, 1.807) is 30.2 Å². The lowest BCUT2D eigenvalue weighted by atomic mass is 10.2. The van der Waals surface area contributed by atoms with Crippen molar-refractivity contribution >= 4 is 10.0 Å². The molecule has 0 aliphatic heterocycles. The van der Waals surface area contributed by atoms with Gasteiger partial charge in [-0.15, -0.1) is 0 Å². The van der Waals surface area contributed by atoms with Crippen LogP contribution < -0.4 is 4.72 Å². The maximum Gasteiger partial charge on any atom is 0.240 e. The highest BCUT2D eigenvalue weighted by atomic mass is 32.2. The van der Waals surface area contributed by atoms with Crippen molar-refractivity contribution in [2.24, 2.45) is 0 Å². The molecule has 0 bridgehead atoms. The molecule has 1 N–H and O–H groups in total. The van der Waals surface area contributed by atoms with Crippen molar-refractivity contribution in [3.05, 3.63) is 48.3 Å². The summed E-state index contributed by atoms with van der Waals surface area (Å²) in [5.41, 5.74) is 0.511. The maximum absolute atomic E-state index is 13.1. The van der Waals surface area contributed by atoms with Gasteiger partial charge in [0.25, 0.3) is 0 Å². The Morgan fingerprint density at radius 1 is 1.42 bits per heavy atom. The first kappa shape index (κ1) is 13.7. The number of sulfonamides is 1. The van der Waals surface area contributed by atoms with Gasteiger partial charge in [0.15, 0.2) is 0 Å². The van der Waals surface area contributed by atoms with Crippen LogP contribution in [-0.2, 0) is 16.6 Å². The summed E-state index contributed by atoms with van der Waals surface area (Å²) in [5.74, 6) is -0.569. The number of aromatic nitrogens is 2. The van der Waals surface area contributed by atoms with Crippen LogP contribution in [-0.4, -0.2) is 24.5 Å². The van der Waals surface area contributed by atoms with Gasteiger partial charge in [-0.1, -0.05) is 6.07 Å². The molecule has 2 aromatic rings. The van der Waals surface area contributed by atoms with Crippen LogP contribution in [0, 0.1) is 12.7 Å². The van der Waals surface area contributed by atoms with E-state index in [2.05, 4.69) is 9.71 Å². The van der Waals surface area contributed by atoms with Gasteiger partial charge in [0.2, 0.25) is 10.0 Å². The number of benzene rings is 1. The lowest BCUT2D eigenvalue weighted by molar-refractivity contribution is 0.569. The predicted molar refractivity (Wildman–Crippen MR) is 68.6 cm³/mol. The molecule has 0 aliphatic carbocycles. The van der Waals surface area contributed by atoms with E-state index in [0.717, 1.165) is 6.07 Å². The van der Waals surface area contributed by atoms with Gasteiger partial charge in [-0.2, -0.15) is 0 Å². The number of aryl methyl sites for hydroxylation is 1. The zero-order chi connectivity index (χ0) is 13.9. The fourth-order valence-corrected chi connectivity index (χ4v) is 2.94. The van der Waals surface area contributed by atoms with Crippen molar-refractivity contribution in [1.82, 2.24) is 14.3 Å². The van der Waals surface area contributed by atoms with Crippen LogP contribution in [0.5, 0.6) is 0 Å². The third-order valence-corrected chi connectivity index (χ3v) is 4.26. The van der Waals surface area contributed by atoms with E-state index in [1.165, 1.54) is 12.1 Å². The molecule has 1 heterocycles. The highest BCUT2D eigenvalue weighted by molar-refractivity contribution is 7.89. The third-order valence-electron chi connectivity index (χ3n) is 2.66. The van der Waals surface area contributed by atoms with Crippen LogP contribution in [0.25, 0.3) is 0 Å². The lowest BCUT2D eigenvalue weighted by Gasteiger charge is -2.09.